The third-order valence-corrected chi connectivity index (χ3v) is 3.46. The molecule has 100 valence electrons. The Balaban J connectivity index is 2.53. The number of para-hydroxylation sites is 1. The van der Waals surface area contributed by atoms with Gasteiger partial charge >= 0.3 is 0 Å². The summed E-state index contributed by atoms with van der Waals surface area (Å²) in [6, 6.07) is 9.14. The van der Waals surface area contributed by atoms with Crippen LogP contribution in [0.25, 0.3) is 0 Å². The highest BCUT2D eigenvalue weighted by Crippen LogP contribution is 2.25. The molecule has 0 saturated heterocycles. The van der Waals surface area contributed by atoms with Crippen LogP contribution in [0.5, 0.6) is 5.88 Å². The molecular formula is C14H10BrN3O2. The molecule has 1 heterocycles. The van der Waals surface area contributed by atoms with Gasteiger partial charge in [0.25, 0.3) is 5.56 Å². The second kappa shape index (κ2) is 5.72. The van der Waals surface area contributed by atoms with Crippen LogP contribution >= 0.6 is 15.9 Å². The molecule has 0 bridgehead atoms. The van der Waals surface area contributed by atoms with E-state index in [1.54, 1.807) is 13.0 Å². The van der Waals surface area contributed by atoms with Crippen LogP contribution in [0.2, 0.25) is 0 Å². The Bertz CT molecular complexity index is 788. The molecule has 0 aliphatic heterocycles. The molecule has 0 unspecified atom stereocenters. The van der Waals surface area contributed by atoms with E-state index in [4.69, 9.17) is 5.26 Å². The van der Waals surface area contributed by atoms with E-state index >= 15 is 0 Å². The van der Waals surface area contributed by atoms with Gasteiger partial charge in [-0.2, -0.15) is 5.26 Å². The molecule has 0 spiro atoms. The van der Waals surface area contributed by atoms with E-state index in [1.807, 2.05) is 24.3 Å². The maximum Gasteiger partial charge on any atom is 0.268 e. The number of aromatic nitrogens is 1. The number of H-pyrrole nitrogens is 1. The van der Waals surface area contributed by atoms with E-state index in [2.05, 4.69) is 25.9 Å². The van der Waals surface area contributed by atoms with Crippen molar-refractivity contribution in [3.05, 3.63) is 55.8 Å². The number of rotatable bonds is 2. The molecule has 5 nitrogen and oxygen atoms in total. The van der Waals surface area contributed by atoms with Gasteiger partial charge in [-0.15, -0.1) is 0 Å². The van der Waals surface area contributed by atoms with Gasteiger partial charge in [0.15, 0.2) is 0 Å². The number of aromatic amines is 1. The molecule has 0 fully saturated rings. The average molecular weight is 332 g/mol. The monoisotopic (exact) mass is 331 g/mol. The quantitative estimate of drug-likeness (QED) is 0.829. The van der Waals surface area contributed by atoms with Gasteiger partial charge in [0.2, 0.25) is 5.88 Å². The third kappa shape index (κ3) is 2.63. The molecule has 0 amide bonds. The predicted octanol–water partition coefficient (Wildman–Crippen LogP) is 2.77. The smallest absolute Gasteiger partial charge is 0.268 e. The zero-order valence-electron chi connectivity index (χ0n) is 10.5. The highest BCUT2D eigenvalue weighted by Gasteiger charge is 2.12. The number of nitrogens with one attached hydrogen (secondary N) is 1. The summed E-state index contributed by atoms with van der Waals surface area (Å²) in [5.41, 5.74) is 0.745. The Morgan fingerprint density at radius 2 is 2.15 bits per heavy atom. The van der Waals surface area contributed by atoms with Crippen LogP contribution in [0.3, 0.4) is 0 Å². The van der Waals surface area contributed by atoms with Gasteiger partial charge in [0, 0.05) is 10.7 Å². The van der Waals surface area contributed by atoms with E-state index < -0.39 is 5.56 Å². The number of benzene rings is 1. The maximum atomic E-state index is 11.5. The van der Waals surface area contributed by atoms with Crippen LogP contribution in [-0.4, -0.2) is 16.3 Å². The lowest BCUT2D eigenvalue weighted by atomic mass is 10.1. The van der Waals surface area contributed by atoms with Crippen LogP contribution in [0, 0.1) is 18.3 Å². The fraction of sp³-hybridized carbons (Fsp3) is 0.0714. The van der Waals surface area contributed by atoms with Crippen molar-refractivity contribution in [1.29, 1.82) is 5.26 Å². The van der Waals surface area contributed by atoms with Gasteiger partial charge in [-0.25, -0.2) is 0 Å². The molecule has 1 aromatic carbocycles. The summed E-state index contributed by atoms with van der Waals surface area (Å²) in [6.07, 6.45) is 1.42. The van der Waals surface area contributed by atoms with Crippen molar-refractivity contribution in [3.63, 3.8) is 0 Å². The SMILES string of the molecule is Cc1c(C=Nc2ccccc2Br)c(O)[nH]c(=O)c1C#N. The molecule has 0 aliphatic rings. The number of nitriles is 1. The third-order valence-electron chi connectivity index (χ3n) is 2.79. The number of aliphatic imine (C=N–C) groups is 1. The van der Waals surface area contributed by atoms with Gasteiger partial charge in [-0.1, -0.05) is 12.1 Å². The number of halogens is 1. The van der Waals surface area contributed by atoms with Gasteiger partial charge in [0.05, 0.1) is 11.3 Å². The number of nitrogens with zero attached hydrogens (tertiary/aromatic N) is 2. The number of aromatic hydroxyl groups is 1. The lowest BCUT2D eigenvalue weighted by molar-refractivity contribution is 0.450. The zero-order chi connectivity index (χ0) is 14.7. The Labute approximate surface area is 123 Å². The van der Waals surface area contributed by atoms with Crippen LogP contribution in [-0.2, 0) is 0 Å². The number of hydrogen-bond acceptors (Lipinski definition) is 4. The van der Waals surface area contributed by atoms with Crippen molar-refractivity contribution < 1.29 is 5.11 Å². The standard InChI is InChI=1S/C14H10BrN3O2/c1-8-9(6-16)13(19)18-14(20)10(8)7-17-12-5-3-2-4-11(12)15/h2-5,7H,1H3,(H2,18,19,20). The molecule has 2 N–H and O–H groups in total. The molecule has 20 heavy (non-hydrogen) atoms. The van der Waals surface area contributed by atoms with Crippen molar-refractivity contribution in [2.75, 3.05) is 0 Å². The molecule has 0 saturated carbocycles. The van der Waals surface area contributed by atoms with Crippen molar-refractivity contribution in [3.8, 4) is 11.9 Å². The Morgan fingerprint density at radius 1 is 1.45 bits per heavy atom. The molecule has 6 heteroatoms. The largest absolute Gasteiger partial charge is 0.494 e. The van der Waals surface area contributed by atoms with Crippen molar-refractivity contribution in [1.82, 2.24) is 4.98 Å². The average Bonchev–Trinajstić information content (AvgIpc) is 2.40. The summed E-state index contributed by atoms with van der Waals surface area (Å²) in [5.74, 6) is -0.303. The normalized spacial score (nSPS) is 10.7. The summed E-state index contributed by atoms with van der Waals surface area (Å²) < 4.78 is 0.804. The fourth-order valence-electron chi connectivity index (χ4n) is 1.70. The fourth-order valence-corrected chi connectivity index (χ4v) is 2.09. The lowest BCUT2D eigenvalue weighted by Gasteiger charge is -2.04. The van der Waals surface area contributed by atoms with Crippen LogP contribution < -0.4 is 5.56 Å². The summed E-state index contributed by atoms with van der Waals surface area (Å²) in [7, 11) is 0. The topological polar surface area (TPSA) is 89.2 Å². The molecule has 0 radical (unpaired) electrons. The minimum atomic E-state index is -0.611. The first-order valence-electron chi connectivity index (χ1n) is 5.69. The Kier molecular flexibility index (Phi) is 4.01. The minimum Gasteiger partial charge on any atom is -0.494 e. The van der Waals surface area contributed by atoms with Crippen LogP contribution in [0.1, 0.15) is 16.7 Å². The molecule has 2 aromatic rings. The second-order valence-corrected chi connectivity index (χ2v) is 4.89. The molecular weight excluding hydrogens is 322 g/mol. The molecule has 2 rings (SSSR count). The van der Waals surface area contributed by atoms with Gasteiger partial charge in [-0.3, -0.25) is 14.8 Å². The first kappa shape index (κ1) is 14.0. The van der Waals surface area contributed by atoms with E-state index in [9.17, 15) is 9.90 Å². The van der Waals surface area contributed by atoms with Gasteiger partial charge in [-0.05, 0) is 40.5 Å². The van der Waals surface area contributed by atoms with E-state index in [0.717, 1.165) is 4.47 Å². The molecule has 0 aliphatic carbocycles. The summed E-state index contributed by atoms with van der Waals surface area (Å²) in [5, 5.41) is 18.7. The maximum absolute atomic E-state index is 11.5. The predicted molar refractivity (Wildman–Crippen MR) is 79.6 cm³/mol. The minimum absolute atomic E-state index is 0.0311. The van der Waals surface area contributed by atoms with Gasteiger partial charge < -0.3 is 5.11 Å². The van der Waals surface area contributed by atoms with Crippen LogP contribution in [0.15, 0.2) is 38.5 Å². The van der Waals surface area contributed by atoms with Crippen molar-refractivity contribution in [2.45, 2.75) is 6.92 Å². The molecule has 1 aromatic heterocycles. The Hall–Kier alpha value is -2.39. The van der Waals surface area contributed by atoms with Crippen molar-refractivity contribution >= 4 is 27.8 Å². The summed E-state index contributed by atoms with van der Waals surface area (Å²) >= 11 is 3.36. The number of hydrogen-bond donors (Lipinski definition) is 2. The second-order valence-electron chi connectivity index (χ2n) is 4.04. The summed E-state index contributed by atoms with van der Waals surface area (Å²) in [6.45, 7) is 1.59. The highest BCUT2D eigenvalue weighted by atomic mass is 79.9. The zero-order valence-corrected chi connectivity index (χ0v) is 12.1. The van der Waals surface area contributed by atoms with Gasteiger partial charge in [0.1, 0.15) is 11.6 Å². The highest BCUT2D eigenvalue weighted by molar-refractivity contribution is 9.10. The first-order chi connectivity index (χ1) is 9.54. The molecule has 0 atom stereocenters. The van der Waals surface area contributed by atoms with E-state index in [1.165, 1.54) is 6.21 Å². The summed E-state index contributed by atoms with van der Waals surface area (Å²) in [4.78, 5) is 17.9. The van der Waals surface area contributed by atoms with Crippen molar-refractivity contribution in [2.24, 2.45) is 4.99 Å². The Morgan fingerprint density at radius 3 is 2.80 bits per heavy atom. The van der Waals surface area contributed by atoms with Crippen LogP contribution in [0.4, 0.5) is 5.69 Å². The first-order valence-corrected chi connectivity index (χ1v) is 6.48. The van der Waals surface area contributed by atoms with E-state index in [0.29, 0.717) is 16.8 Å². The lowest BCUT2D eigenvalue weighted by Crippen LogP contribution is -2.14. The van der Waals surface area contributed by atoms with E-state index in [-0.39, 0.29) is 11.4 Å². The number of pyridine rings is 1.